The molecular weight excluding hydrogens is 398 g/mol. The molecule has 0 heterocycles. The van der Waals surface area contributed by atoms with Gasteiger partial charge in [0.15, 0.2) is 6.61 Å². The standard InChI is InChI=1S/C20H22BrNO4/c1-3-4-11-25-17-8-5-15(6-9-17)20(24)26-13-19(23)22-16-7-10-18(21)14(2)12-16/h5-10,12H,3-4,11,13H2,1-2H3,(H,22,23). The largest absolute Gasteiger partial charge is 0.494 e. The van der Waals surface area contributed by atoms with Crippen molar-refractivity contribution in [3.63, 3.8) is 0 Å². The number of amides is 1. The van der Waals surface area contributed by atoms with Crippen molar-refractivity contribution in [3.05, 3.63) is 58.1 Å². The molecule has 0 radical (unpaired) electrons. The number of hydrogen-bond acceptors (Lipinski definition) is 4. The van der Waals surface area contributed by atoms with Crippen LogP contribution in [0, 0.1) is 6.92 Å². The third kappa shape index (κ3) is 6.19. The van der Waals surface area contributed by atoms with Crippen molar-refractivity contribution in [1.82, 2.24) is 0 Å². The summed E-state index contributed by atoms with van der Waals surface area (Å²) in [6.45, 7) is 4.32. The number of anilines is 1. The first kappa shape index (κ1) is 20.0. The molecule has 0 bridgehead atoms. The lowest BCUT2D eigenvalue weighted by molar-refractivity contribution is -0.119. The topological polar surface area (TPSA) is 64.6 Å². The van der Waals surface area contributed by atoms with Gasteiger partial charge >= 0.3 is 5.97 Å². The monoisotopic (exact) mass is 419 g/mol. The Morgan fingerprint density at radius 2 is 1.85 bits per heavy atom. The Labute approximate surface area is 161 Å². The van der Waals surface area contributed by atoms with Crippen molar-refractivity contribution in [2.75, 3.05) is 18.5 Å². The number of carbonyl (C=O) groups excluding carboxylic acids is 2. The highest BCUT2D eigenvalue weighted by Crippen LogP contribution is 2.20. The van der Waals surface area contributed by atoms with Crippen LogP contribution in [0.4, 0.5) is 5.69 Å². The second-order valence-electron chi connectivity index (χ2n) is 5.81. The third-order valence-electron chi connectivity index (χ3n) is 3.63. The summed E-state index contributed by atoms with van der Waals surface area (Å²) in [4.78, 5) is 23.9. The number of carbonyl (C=O) groups is 2. The SMILES string of the molecule is CCCCOc1ccc(C(=O)OCC(=O)Nc2ccc(Br)c(C)c2)cc1. The molecular formula is C20H22BrNO4. The Hall–Kier alpha value is -2.34. The number of nitrogens with one attached hydrogen (secondary N) is 1. The van der Waals surface area contributed by atoms with E-state index >= 15 is 0 Å². The number of hydrogen-bond donors (Lipinski definition) is 1. The molecule has 5 nitrogen and oxygen atoms in total. The summed E-state index contributed by atoms with van der Waals surface area (Å²) in [5.41, 5.74) is 2.03. The van der Waals surface area contributed by atoms with Crippen LogP contribution in [0.5, 0.6) is 5.75 Å². The molecule has 0 spiro atoms. The number of rotatable bonds is 8. The predicted molar refractivity (Wildman–Crippen MR) is 105 cm³/mol. The van der Waals surface area contributed by atoms with Gasteiger partial charge in [0.05, 0.1) is 12.2 Å². The Kier molecular flexibility index (Phi) is 7.66. The van der Waals surface area contributed by atoms with Crippen molar-refractivity contribution in [1.29, 1.82) is 0 Å². The number of aryl methyl sites for hydroxylation is 1. The maximum absolute atomic E-state index is 12.0. The smallest absolute Gasteiger partial charge is 0.338 e. The van der Waals surface area contributed by atoms with Gasteiger partial charge in [0.25, 0.3) is 5.91 Å². The minimum Gasteiger partial charge on any atom is -0.494 e. The second kappa shape index (κ2) is 9.97. The van der Waals surface area contributed by atoms with E-state index in [2.05, 4.69) is 28.2 Å². The van der Waals surface area contributed by atoms with Gasteiger partial charge < -0.3 is 14.8 Å². The van der Waals surface area contributed by atoms with Crippen molar-refractivity contribution >= 4 is 33.5 Å². The Bertz CT molecular complexity index is 759. The van der Waals surface area contributed by atoms with Gasteiger partial charge in [-0.2, -0.15) is 0 Å². The second-order valence-corrected chi connectivity index (χ2v) is 6.67. The molecule has 0 atom stereocenters. The molecule has 26 heavy (non-hydrogen) atoms. The van der Waals surface area contributed by atoms with Crippen molar-refractivity contribution in [2.45, 2.75) is 26.7 Å². The van der Waals surface area contributed by atoms with Gasteiger partial charge in [-0.25, -0.2) is 4.79 Å². The molecule has 138 valence electrons. The van der Waals surface area contributed by atoms with Crippen LogP contribution < -0.4 is 10.1 Å². The van der Waals surface area contributed by atoms with E-state index in [4.69, 9.17) is 9.47 Å². The Morgan fingerprint density at radius 3 is 2.50 bits per heavy atom. The van der Waals surface area contributed by atoms with Crippen molar-refractivity contribution in [3.8, 4) is 5.75 Å². The predicted octanol–water partition coefficient (Wildman–Crippen LogP) is 4.73. The lowest BCUT2D eigenvalue weighted by atomic mass is 10.2. The third-order valence-corrected chi connectivity index (χ3v) is 4.52. The Morgan fingerprint density at radius 1 is 1.12 bits per heavy atom. The number of esters is 1. The van der Waals surface area contributed by atoms with Gasteiger partial charge in [0.2, 0.25) is 0 Å². The van der Waals surface area contributed by atoms with Gasteiger partial charge in [0.1, 0.15) is 5.75 Å². The quantitative estimate of drug-likeness (QED) is 0.495. The van der Waals surface area contributed by atoms with Crippen LogP contribution in [0.25, 0.3) is 0 Å². The highest BCUT2D eigenvalue weighted by atomic mass is 79.9. The number of unbranched alkanes of at least 4 members (excludes halogenated alkanes) is 1. The van der Waals surface area contributed by atoms with E-state index in [9.17, 15) is 9.59 Å². The Balaban J connectivity index is 1.81. The zero-order valence-electron chi connectivity index (χ0n) is 14.9. The zero-order valence-corrected chi connectivity index (χ0v) is 16.5. The summed E-state index contributed by atoms with van der Waals surface area (Å²) in [5, 5.41) is 2.70. The van der Waals surface area contributed by atoms with Gasteiger partial charge in [0, 0.05) is 10.2 Å². The molecule has 6 heteroatoms. The van der Waals surface area contributed by atoms with Gasteiger partial charge in [-0.15, -0.1) is 0 Å². The van der Waals surface area contributed by atoms with Crippen molar-refractivity contribution < 1.29 is 19.1 Å². The van der Waals surface area contributed by atoms with Crippen LogP contribution in [0.15, 0.2) is 46.9 Å². The average Bonchev–Trinajstić information content (AvgIpc) is 2.63. The number of benzene rings is 2. The molecule has 0 aromatic heterocycles. The first-order valence-corrected chi connectivity index (χ1v) is 9.25. The van der Waals surface area contributed by atoms with Crippen LogP contribution >= 0.6 is 15.9 Å². The highest BCUT2D eigenvalue weighted by molar-refractivity contribution is 9.10. The molecule has 0 aliphatic carbocycles. The fourth-order valence-electron chi connectivity index (χ4n) is 2.16. The zero-order chi connectivity index (χ0) is 18.9. The molecule has 0 saturated carbocycles. The number of halogens is 1. The van der Waals surface area contributed by atoms with E-state index in [1.807, 2.05) is 19.1 Å². The summed E-state index contributed by atoms with van der Waals surface area (Å²) in [7, 11) is 0. The van der Waals surface area contributed by atoms with Crippen molar-refractivity contribution in [2.24, 2.45) is 0 Å². The van der Waals surface area contributed by atoms with E-state index in [-0.39, 0.29) is 12.5 Å². The van der Waals surface area contributed by atoms with Crippen LogP contribution in [0.2, 0.25) is 0 Å². The van der Waals surface area contributed by atoms with E-state index in [1.165, 1.54) is 0 Å². The van der Waals surface area contributed by atoms with Gasteiger partial charge in [-0.1, -0.05) is 29.3 Å². The summed E-state index contributed by atoms with van der Waals surface area (Å²) < 4.78 is 11.6. The van der Waals surface area contributed by atoms with Crippen LogP contribution in [0.1, 0.15) is 35.7 Å². The fraction of sp³-hybridized carbons (Fsp3) is 0.300. The number of ether oxygens (including phenoxy) is 2. The molecule has 0 saturated heterocycles. The maximum atomic E-state index is 12.0. The average molecular weight is 420 g/mol. The van der Waals surface area contributed by atoms with E-state index < -0.39 is 5.97 Å². The maximum Gasteiger partial charge on any atom is 0.338 e. The summed E-state index contributed by atoms with van der Waals surface area (Å²) in [6.07, 6.45) is 2.04. The summed E-state index contributed by atoms with van der Waals surface area (Å²) >= 11 is 3.40. The molecule has 2 aromatic carbocycles. The summed E-state index contributed by atoms with van der Waals surface area (Å²) in [6, 6.07) is 12.1. The molecule has 0 aliphatic rings. The summed E-state index contributed by atoms with van der Waals surface area (Å²) in [5.74, 6) is -0.231. The van der Waals surface area contributed by atoms with Crippen LogP contribution in [-0.2, 0) is 9.53 Å². The fourth-order valence-corrected chi connectivity index (χ4v) is 2.40. The highest BCUT2D eigenvalue weighted by Gasteiger charge is 2.11. The molecule has 0 fully saturated rings. The molecule has 0 unspecified atom stereocenters. The van der Waals surface area contributed by atoms with Crippen LogP contribution in [0.3, 0.4) is 0 Å². The van der Waals surface area contributed by atoms with E-state index in [0.717, 1.165) is 22.9 Å². The molecule has 2 aromatic rings. The molecule has 1 N–H and O–H groups in total. The molecule has 0 aliphatic heterocycles. The van der Waals surface area contributed by atoms with Gasteiger partial charge in [-0.3, -0.25) is 4.79 Å². The lowest BCUT2D eigenvalue weighted by Crippen LogP contribution is -2.21. The molecule has 1 amide bonds. The van der Waals surface area contributed by atoms with E-state index in [0.29, 0.717) is 23.6 Å². The minimum absolute atomic E-state index is 0.345. The minimum atomic E-state index is -0.549. The van der Waals surface area contributed by atoms with Crippen LogP contribution in [-0.4, -0.2) is 25.1 Å². The van der Waals surface area contributed by atoms with Gasteiger partial charge in [-0.05, 0) is 61.4 Å². The first-order chi connectivity index (χ1) is 12.5. The van der Waals surface area contributed by atoms with E-state index in [1.54, 1.807) is 30.3 Å². The molecule has 2 rings (SSSR count). The first-order valence-electron chi connectivity index (χ1n) is 8.45. The lowest BCUT2D eigenvalue weighted by Gasteiger charge is -2.09. The normalized spacial score (nSPS) is 10.3.